The number of fused-ring (bicyclic) bond motifs is 10. The molecule has 4 aromatic heterocycles. The summed E-state index contributed by atoms with van der Waals surface area (Å²) in [6.07, 6.45) is 0. The van der Waals surface area contributed by atoms with E-state index in [1.807, 2.05) is 97.1 Å². The van der Waals surface area contributed by atoms with E-state index in [4.69, 9.17) is 27.6 Å². The van der Waals surface area contributed by atoms with E-state index in [1.165, 1.54) is 4.57 Å². The van der Waals surface area contributed by atoms with Crippen LogP contribution < -0.4 is 0 Å². The van der Waals surface area contributed by atoms with Gasteiger partial charge in [-0.25, -0.2) is 4.98 Å². The molecular formula is C45H26N4OS. The van der Waals surface area contributed by atoms with Crippen molar-refractivity contribution in [3.8, 4) is 39.9 Å². The minimum Gasteiger partial charge on any atom is -0.455 e. The van der Waals surface area contributed by atoms with E-state index in [1.54, 1.807) is 0 Å². The molecule has 0 aliphatic heterocycles. The maximum atomic E-state index is 9.56. The molecule has 6 heteroatoms. The molecule has 7 aromatic carbocycles. The van der Waals surface area contributed by atoms with E-state index in [9.17, 15) is 5.48 Å². The second-order valence-corrected chi connectivity index (χ2v) is 13.1. The van der Waals surface area contributed by atoms with Crippen LogP contribution in [-0.4, -0.2) is 19.5 Å². The number of para-hydroxylation sites is 3. The normalized spacial score (nSPS) is 14.7. The summed E-state index contributed by atoms with van der Waals surface area (Å²) in [7, 11) is 0. The molecule has 0 fully saturated rings. The van der Waals surface area contributed by atoms with Crippen LogP contribution >= 0.6 is 11.3 Å². The van der Waals surface area contributed by atoms with Crippen molar-refractivity contribution in [2.75, 3.05) is 0 Å². The lowest BCUT2D eigenvalue weighted by Gasteiger charge is -2.12. The molecule has 11 rings (SSSR count). The van der Waals surface area contributed by atoms with Gasteiger partial charge in [0.05, 0.1) is 30.3 Å². The van der Waals surface area contributed by atoms with Gasteiger partial charge in [0.2, 0.25) is 5.95 Å². The van der Waals surface area contributed by atoms with Crippen molar-refractivity contribution in [2.45, 2.75) is 0 Å². The number of nitrogens with zero attached hydrogens (tertiary/aromatic N) is 4. The smallest absolute Gasteiger partial charge is 0.238 e. The van der Waals surface area contributed by atoms with Gasteiger partial charge in [-0.05, 0) is 53.5 Å². The summed E-state index contributed by atoms with van der Waals surface area (Å²) >= 11 is 0.942. The zero-order valence-corrected chi connectivity index (χ0v) is 27.2. The quantitative estimate of drug-likeness (QED) is 0.186. The van der Waals surface area contributed by atoms with Crippen molar-refractivity contribution in [1.82, 2.24) is 19.5 Å². The van der Waals surface area contributed by atoms with Gasteiger partial charge in [-0.1, -0.05) is 115 Å². The summed E-state index contributed by atoms with van der Waals surface area (Å²) in [5, 5.41) is 2.06. The topological polar surface area (TPSA) is 56.7 Å². The Morgan fingerprint density at radius 1 is 0.529 bits per heavy atom. The molecule has 4 heterocycles. The molecule has 0 amide bonds. The van der Waals surface area contributed by atoms with Crippen LogP contribution in [0.3, 0.4) is 0 Å². The molecule has 5 nitrogen and oxygen atoms in total. The molecule has 11 aromatic rings. The Hall–Kier alpha value is -6.63. The molecule has 0 aliphatic rings. The lowest BCUT2D eigenvalue weighted by atomic mass is 10.0. The van der Waals surface area contributed by atoms with Crippen molar-refractivity contribution in [3.05, 3.63) is 157 Å². The Morgan fingerprint density at radius 2 is 1.27 bits per heavy atom. The van der Waals surface area contributed by atoms with Gasteiger partial charge < -0.3 is 4.42 Å². The first-order chi connectivity index (χ1) is 29.4. The van der Waals surface area contributed by atoms with Crippen LogP contribution in [0.5, 0.6) is 0 Å². The fraction of sp³-hybridized carbons (Fsp3) is 0. The summed E-state index contributed by atoms with van der Waals surface area (Å²) in [5.74, 6) is 0.256. The summed E-state index contributed by atoms with van der Waals surface area (Å²) in [4.78, 5) is 15.0. The summed E-state index contributed by atoms with van der Waals surface area (Å²) in [6, 6.07) is 26.4. The first-order valence-corrected chi connectivity index (χ1v) is 16.9. The number of thiophene rings is 1. The number of rotatable bonds is 4. The van der Waals surface area contributed by atoms with Crippen molar-refractivity contribution in [3.63, 3.8) is 0 Å². The molecule has 0 saturated carbocycles. The molecular weight excluding hydrogens is 645 g/mol. The van der Waals surface area contributed by atoms with Crippen LogP contribution in [0, 0.1) is 0 Å². The highest BCUT2D eigenvalue weighted by Gasteiger charge is 2.22. The minimum absolute atomic E-state index is 0.0133. The molecule has 0 unspecified atom stereocenters. The van der Waals surface area contributed by atoms with Gasteiger partial charge >= 0.3 is 0 Å². The molecule has 0 saturated heterocycles. The van der Waals surface area contributed by atoms with Crippen LogP contribution in [0.4, 0.5) is 0 Å². The number of hydrogen-bond donors (Lipinski definition) is 0. The number of aromatic nitrogens is 4. The molecule has 0 radical (unpaired) electrons. The molecule has 238 valence electrons. The van der Waals surface area contributed by atoms with Gasteiger partial charge in [0.25, 0.3) is 0 Å². The Morgan fingerprint density at radius 3 is 2.22 bits per heavy atom. The van der Waals surface area contributed by atoms with Gasteiger partial charge in [-0.2, -0.15) is 9.97 Å². The number of furan rings is 1. The van der Waals surface area contributed by atoms with E-state index < -0.39 is 36.3 Å². The molecule has 0 atom stereocenters. The second kappa shape index (κ2) is 10.9. The van der Waals surface area contributed by atoms with Gasteiger partial charge in [0.15, 0.2) is 11.6 Å². The monoisotopic (exact) mass is 680 g/mol. The Labute approximate surface area is 309 Å². The molecule has 0 spiro atoms. The highest BCUT2D eigenvalue weighted by atomic mass is 32.1. The van der Waals surface area contributed by atoms with Crippen LogP contribution in [-0.2, 0) is 0 Å². The highest BCUT2D eigenvalue weighted by Crippen LogP contribution is 2.43. The molecule has 0 aliphatic carbocycles. The van der Waals surface area contributed by atoms with Crippen molar-refractivity contribution < 1.29 is 18.1 Å². The number of benzene rings is 7. The first-order valence-electron chi connectivity index (χ1n) is 21.1. The largest absolute Gasteiger partial charge is 0.455 e. The highest BCUT2D eigenvalue weighted by molar-refractivity contribution is 7.26. The first kappa shape index (κ1) is 20.1. The fourth-order valence-corrected chi connectivity index (χ4v) is 7.90. The van der Waals surface area contributed by atoms with E-state index in [0.29, 0.717) is 22.3 Å². The summed E-state index contributed by atoms with van der Waals surface area (Å²) in [5.41, 5.74) is 3.99. The van der Waals surface area contributed by atoms with Crippen LogP contribution in [0.2, 0.25) is 0 Å². The molecule has 0 bridgehead atoms. The average molecular weight is 681 g/mol. The molecule has 51 heavy (non-hydrogen) atoms. The van der Waals surface area contributed by atoms with E-state index in [2.05, 4.69) is 0 Å². The molecule has 0 N–H and O–H groups in total. The van der Waals surface area contributed by atoms with Gasteiger partial charge in [0, 0.05) is 47.3 Å². The third-order valence-corrected chi connectivity index (χ3v) is 10.2. The van der Waals surface area contributed by atoms with Crippen molar-refractivity contribution in [2.24, 2.45) is 0 Å². The second-order valence-electron chi connectivity index (χ2n) is 12.1. The van der Waals surface area contributed by atoms with Crippen molar-refractivity contribution in [1.29, 1.82) is 0 Å². The van der Waals surface area contributed by atoms with E-state index in [-0.39, 0.29) is 83.7 Å². The maximum Gasteiger partial charge on any atom is 0.238 e. The van der Waals surface area contributed by atoms with E-state index >= 15 is 0 Å². The van der Waals surface area contributed by atoms with Gasteiger partial charge in [-0.3, -0.25) is 4.57 Å². The fourth-order valence-electron chi connectivity index (χ4n) is 6.93. The predicted octanol–water partition coefficient (Wildman–Crippen LogP) is 12.2. The van der Waals surface area contributed by atoms with Crippen LogP contribution in [0.1, 0.15) is 13.7 Å². The van der Waals surface area contributed by atoms with Crippen LogP contribution in [0.15, 0.2) is 162 Å². The zero-order valence-electron chi connectivity index (χ0n) is 36.3. The third-order valence-electron chi connectivity index (χ3n) is 9.18. The number of hydrogen-bond acceptors (Lipinski definition) is 5. The van der Waals surface area contributed by atoms with Crippen molar-refractivity contribution >= 4 is 75.3 Å². The Bertz CT molecular complexity index is 3730. The lowest BCUT2D eigenvalue weighted by Crippen LogP contribution is -2.06. The maximum absolute atomic E-state index is 9.56. The van der Waals surface area contributed by atoms with Gasteiger partial charge in [0.1, 0.15) is 11.2 Å². The zero-order chi connectivity index (χ0) is 42.2. The summed E-state index contributed by atoms with van der Waals surface area (Å²) < 4.78 is 98.0. The predicted molar refractivity (Wildman–Crippen MR) is 211 cm³/mol. The lowest BCUT2D eigenvalue weighted by molar-refractivity contribution is 0.669. The van der Waals surface area contributed by atoms with Crippen LogP contribution in [0.25, 0.3) is 104 Å². The SMILES string of the molecule is [2H]c1c([2H])c([2H])c2c(sc3c([2H])c([2H])c4c(c5c([2H])c([2H])c([2H])c([2H])c5n4-c4nc(-c5cccc(-c6ccccc6)c5)nc(-c5cccc6c5oc5ccccc56)n4)c32)c1[2H]. The Kier molecular flexibility index (Phi) is 4.32. The van der Waals surface area contributed by atoms with Gasteiger partial charge in [-0.15, -0.1) is 11.3 Å². The Balaban J connectivity index is 1.33. The summed E-state index contributed by atoms with van der Waals surface area (Å²) in [6.45, 7) is 0. The standard InChI is InChI=1S/C45H26N4OS/c1-2-12-27(13-3-1)28-14-10-15-29(26-28)43-46-44(34-20-11-19-31-30-16-5-8-22-37(30)50-42(31)34)48-45(47-43)49-35-21-7-4-17-32(35)40-36(49)24-25-39-41(40)33-18-6-9-23-38(33)51-39/h1-26H/i4D,6D,7D,9D,17D,18D,21D,23D,24D,25D. The van der Waals surface area contributed by atoms with E-state index in [0.717, 1.165) is 33.2 Å². The minimum atomic E-state index is -0.551. The average Bonchev–Trinajstić information content (AvgIpc) is 3.99. The third kappa shape index (κ3) is 4.30.